The lowest BCUT2D eigenvalue weighted by Gasteiger charge is -2.25. The molecule has 2 fully saturated rings. The highest BCUT2D eigenvalue weighted by molar-refractivity contribution is 7.98. The van der Waals surface area contributed by atoms with E-state index in [1.807, 2.05) is 0 Å². The monoisotopic (exact) mass is 486 g/mol. The zero-order valence-corrected chi connectivity index (χ0v) is 21.0. The van der Waals surface area contributed by atoms with Crippen LogP contribution in [-0.4, -0.2) is 84.1 Å². The topological polar surface area (TPSA) is 113 Å². The van der Waals surface area contributed by atoms with Crippen molar-refractivity contribution < 1.29 is 9.59 Å². The largest absolute Gasteiger partial charge is 0.345 e. The van der Waals surface area contributed by atoms with Crippen LogP contribution in [0.25, 0.3) is 0 Å². The van der Waals surface area contributed by atoms with Gasteiger partial charge < -0.3 is 9.80 Å². The molecule has 32 heavy (non-hydrogen) atoms. The number of carbonyl (C=O) groups is 2. The Morgan fingerprint density at radius 3 is 1.44 bits per heavy atom. The second-order valence-electron chi connectivity index (χ2n) is 7.98. The van der Waals surface area contributed by atoms with E-state index < -0.39 is 0 Å². The number of carbonyl (C=O) groups excluding carboxylic acids is 2. The number of urea groups is 2. The molecule has 0 saturated carbocycles. The lowest BCUT2D eigenvalue weighted by atomic mass is 10.1. The fourth-order valence-corrected chi connectivity index (χ4v) is 4.68. The summed E-state index contributed by atoms with van der Waals surface area (Å²) in [6.07, 6.45) is 7.71. The van der Waals surface area contributed by atoms with Gasteiger partial charge in [0.15, 0.2) is 0 Å². The molecule has 12 heteroatoms. The van der Waals surface area contributed by atoms with E-state index in [9.17, 15) is 9.59 Å². The van der Waals surface area contributed by atoms with E-state index >= 15 is 0 Å². The van der Waals surface area contributed by atoms with Crippen molar-refractivity contribution >= 4 is 47.4 Å². The van der Waals surface area contributed by atoms with Crippen LogP contribution in [0.15, 0.2) is 10.2 Å². The SMILES string of the molecule is CC(=N\NC(=O)NSCCN1CCCCC1)/C(C)=N/NC(=O)NSCCN1CCCCC1. The van der Waals surface area contributed by atoms with Crippen molar-refractivity contribution in [1.82, 2.24) is 30.1 Å². The number of amides is 4. The molecule has 0 aromatic heterocycles. The van der Waals surface area contributed by atoms with Crippen molar-refractivity contribution in [1.29, 1.82) is 0 Å². The molecule has 0 unspecified atom stereocenters. The standard InChI is InChI=1S/C20H38N8O2S2/c1-17(21-23-19(29)25-31-15-13-27-9-5-3-6-10-27)18(2)22-24-20(30)26-32-16-14-28-11-7-4-8-12-28/h3-16H2,1-2H3,(H2,23,25,29)(H2,24,26,30)/b21-17+,22-18+. The van der Waals surface area contributed by atoms with E-state index in [2.05, 4.69) is 40.3 Å². The smallest absolute Gasteiger partial charge is 0.302 e. The number of piperidine rings is 2. The van der Waals surface area contributed by atoms with Gasteiger partial charge >= 0.3 is 12.1 Å². The van der Waals surface area contributed by atoms with Crippen LogP contribution in [0.3, 0.4) is 0 Å². The van der Waals surface area contributed by atoms with Crippen molar-refractivity contribution in [2.75, 3.05) is 50.8 Å². The summed E-state index contributed by atoms with van der Waals surface area (Å²) in [7, 11) is 0. The van der Waals surface area contributed by atoms with Crippen LogP contribution >= 0.6 is 23.9 Å². The van der Waals surface area contributed by atoms with Crippen LogP contribution in [0.1, 0.15) is 52.4 Å². The first kappa shape index (κ1) is 26.7. The average molecular weight is 487 g/mol. The highest BCUT2D eigenvalue weighted by atomic mass is 32.2. The van der Waals surface area contributed by atoms with E-state index in [-0.39, 0.29) is 12.1 Å². The van der Waals surface area contributed by atoms with Gasteiger partial charge in [0.2, 0.25) is 0 Å². The molecule has 4 N–H and O–H groups in total. The molecule has 0 radical (unpaired) electrons. The van der Waals surface area contributed by atoms with Crippen molar-refractivity contribution in [3.8, 4) is 0 Å². The molecule has 2 aliphatic rings. The van der Waals surface area contributed by atoms with Crippen molar-refractivity contribution in [3.63, 3.8) is 0 Å². The fourth-order valence-electron chi connectivity index (χ4n) is 3.43. The number of nitrogens with one attached hydrogen (secondary N) is 4. The summed E-state index contributed by atoms with van der Waals surface area (Å²) in [5, 5.41) is 8.03. The summed E-state index contributed by atoms with van der Waals surface area (Å²) in [6.45, 7) is 9.99. The van der Waals surface area contributed by atoms with Crippen LogP contribution < -0.4 is 20.3 Å². The molecule has 0 aromatic rings. The lowest BCUT2D eigenvalue weighted by molar-refractivity contribution is 0.241. The molecule has 0 aliphatic carbocycles. The molecule has 0 atom stereocenters. The van der Waals surface area contributed by atoms with Crippen molar-refractivity contribution in [2.24, 2.45) is 10.2 Å². The van der Waals surface area contributed by atoms with Gasteiger partial charge in [0.25, 0.3) is 0 Å². The minimum Gasteiger partial charge on any atom is -0.302 e. The van der Waals surface area contributed by atoms with E-state index in [0.29, 0.717) is 11.4 Å². The van der Waals surface area contributed by atoms with Crippen LogP contribution in [-0.2, 0) is 0 Å². The fraction of sp³-hybridized carbons (Fsp3) is 0.800. The number of hydrazone groups is 2. The summed E-state index contributed by atoms with van der Waals surface area (Å²) in [6, 6.07) is -0.756. The number of rotatable bonds is 11. The predicted octanol–water partition coefficient (Wildman–Crippen LogP) is 2.60. The molecule has 10 nitrogen and oxygen atoms in total. The molecule has 2 heterocycles. The van der Waals surface area contributed by atoms with Gasteiger partial charge in [0, 0.05) is 24.6 Å². The molecule has 2 saturated heterocycles. The maximum Gasteiger partial charge on any atom is 0.345 e. The highest BCUT2D eigenvalue weighted by Crippen LogP contribution is 2.09. The third-order valence-corrected chi connectivity index (χ3v) is 6.85. The molecule has 2 rings (SSSR count). The molecule has 4 amide bonds. The maximum absolute atomic E-state index is 11.9. The Labute approximate surface area is 200 Å². The maximum atomic E-state index is 11.9. The molecule has 182 valence electrons. The first-order valence-electron chi connectivity index (χ1n) is 11.4. The third-order valence-electron chi connectivity index (χ3n) is 5.42. The minimum atomic E-state index is -0.378. The van der Waals surface area contributed by atoms with Gasteiger partial charge in [-0.05, 0) is 89.6 Å². The van der Waals surface area contributed by atoms with E-state index in [1.165, 1.54) is 62.4 Å². The Balaban J connectivity index is 1.53. The Morgan fingerprint density at radius 2 is 1.06 bits per heavy atom. The summed E-state index contributed by atoms with van der Waals surface area (Å²) < 4.78 is 5.45. The van der Waals surface area contributed by atoms with E-state index in [1.54, 1.807) is 13.8 Å². The molecule has 0 aromatic carbocycles. The van der Waals surface area contributed by atoms with E-state index in [4.69, 9.17) is 0 Å². The van der Waals surface area contributed by atoms with Crippen molar-refractivity contribution in [2.45, 2.75) is 52.4 Å². The van der Waals surface area contributed by atoms with Crippen LogP contribution in [0.2, 0.25) is 0 Å². The Bertz CT molecular complexity index is 581. The summed E-state index contributed by atoms with van der Waals surface area (Å²) in [4.78, 5) is 28.6. The summed E-state index contributed by atoms with van der Waals surface area (Å²) in [5.74, 6) is 1.68. The highest BCUT2D eigenvalue weighted by Gasteiger charge is 2.11. The zero-order chi connectivity index (χ0) is 23.0. The third kappa shape index (κ3) is 11.9. The predicted molar refractivity (Wildman–Crippen MR) is 135 cm³/mol. The first-order valence-corrected chi connectivity index (χ1v) is 13.4. The van der Waals surface area contributed by atoms with Gasteiger partial charge in [-0.3, -0.25) is 9.44 Å². The first-order chi connectivity index (χ1) is 15.5. The Morgan fingerprint density at radius 1 is 0.688 bits per heavy atom. The molecular weight excluding hydrogens is 448 g/mol. The summed E-state index contributed by atoms with van der Waals surface area (Å²) >= 11 is 2.75. The average Bonchev–Trinajstić information content (AvgIpc) is 2.82. The molecular formula is C20H38N8O2S2. The number of nitrogens with zero attached hydrogens (tertiary/aromatic N) is 4. The van der Waals surface area contributed by atoms with E-state index in [0.717, 1.165) is 50.8 Å². The second kappa shape index (κ2) is 16.2. The van der Waals surface area contributed by atoms with Gasteiger partial charge in [-0.2, -0.15) is 10.2 Å². The summed E-state index contributed by atoms with van der Waals surface area (Å²) in [5.41, 5.74) is 5.92. The minimum absolute atomic E-state index is 0.378. The Kier molecular flexibility index (Phi) is 13.5. The lowest BCUT2D eigenvalue weighted by Crippen LogP contribution is -2.34. The van der Waals surface area contributed by atoms with Crippen molar-refractivity contribution in [3.05, 3.63) is 0 Å². The van der Waals surface area contributed by atoms with Crippen LogP contribution in [0, 0.1) is 0 Å². The molecule has 0 spiro atoms. The quantitative estimate of drug-likeness (QED) is 0.155. The normalized spacial score (nSPS) is 18.8. The number of hydrogen-bond acceptors (Lipinski definition) is 8. The molecule has 0 bridgehead atoms. The number of hydrogen-bond donors (Lipinski definition) is 4. The zero-order valence-electron chi connectivity index (χ0n) is 19.3. The second-order valence-corrected chi connectivity index (χ2v) is 9.78. The van der Waals surface area contributed by atoms with Crippen LogP contribution in [0.4, 0.5) is 9.59 Å². The van der Waals surface area contributed by atoms with Gasteiger partial charge in [-0.1, -0.05) is 12.8 Å². The molecule has 2 aliphatic heterocycles. The van der Waals surface area contributed by atoms with Gasteiger partial charge in [-0.15, -0.1) is 0 Å². The van der Waals surface area contributed by atoms with Gasteiger partial charge in [0.05, 0.1) is 11.4 Å². The van der Waals surface area contributed by atoms with Gasteiger partial charge in [-0.25, -0.2) is 20.4 Å². The number of likely N-dealkylation sites (tertiary alicyclic amines) is 2. The Hall–Kier alpha value is -1.50. The van der Waals surface area contributed by atoms with Crippen LogP contribution in [0.5, 0.6) is 0 Å². The van der Waals surface area contributed by atoms with Gasteiger partial charge in [0.1, 0.15) is 0 Å².